The molecule has 0 amide bonds. The Kier molecular flexibility index (Phi) is 3.86. The molecule has 0 spiro atoms. The maximum absolute atomic E-state index is 13.5. The first kappa shape index (κ1) is 15.3. The molecule has 3 nitrogen and oxygen atoms in total. The van der Waals surface area contributed by atoms with Crippen LogP contribution in [0.1, 0.15) is 5.82 Å². The lowest BCUT2D eigenvalue weighted by Crippen LogP contribution is -1.98. The number of para-hydroxylation sites is 1. The van der Waals surface area contributed by atoms with E-state index in [2.05, 4.69) is 10.1 Å². The molecule has 4 heteroatoms. The van der Waals surface area contributed by atoms with Crippen LogP contribution >= 0.6 is 0 Å². The Morgan fingerprint density at radius 3 is 2.20 bits per heavy atom. The molecule has 1 aromatic heterocycles. The summed E-state index contributed by atoms with van der Waals surface area (Å²) in [6.45, 7) is 1.93. The first-order chi connectivity index (χ1) is 12.2. The molecule has 0 aliphatic rings. The fourth-order valence-electron chi connectivity index (χ4n) is 2.83. The third-order valence-electron chi connectivity index (χ3n) is 4.05. The van der Waals surface area contributed by atoms with Crippen LogP contribution < -0.4 is 0 Å². The van der Waals surface area contributed by atoms with E-state index in [1.165, 1.54) is 12.1 Å². The molecule has 0 saturated carbocycles. The molecule has 25 heavy (non-hydrogen) atoms. The Labute approximate surface area is 145 Å². The highest BCUT2D eigenvalue weighted by Gasteiger charge is 2.11. The second kappa shape index (κ2) is 6.32. The maximum Gasteiger partial charge on any atom is 0.181 e. The highest BCUT2D eigenvalue weighted by atomic mass is 19.1. The number of hydrogen-bond acceptors (Lipinski definition) is 2. The zero-order chi connectivity index (χ0) is 17.2. The van der Waals surface area contributed by atoms with Crippen molar-refractivity contribution in [1.29, 1.82) is 0 Å². The van der Waals surface area contributed by atoms with Crippen molar-refractivity contribution in [2.75, 3.05) is 0 Å². The maximum atomic E-state index is 13.5. The van der Waals surface area contributed by atoms with Crippen LogP contribution in [0.25, 0.3) is 28.2 Å². The van der Waals surface area contributed by atoms with Gasteiger partial charge < -0.3 is 0 Å². The van der Waals surface area contributed by atoms with E-state index in [0.717, 1.165) is 28.2 Å². The predicted octanol–water partition coefficient (Wildman–Crippen LogP) is 5.05. The quantitative estimate of drug-likeness (QED) is 0.526. The standard InChI is InChI=1S/C21H16FN3/c1-15-23-21(24-25(15)20-11-3-2-4-12-20)18-9-5-7-16(13-18)17-8-6-10-19(22)14-17/h2-14H,1H3. The zero-order valence-electron chi connectivity index (χ0n) is 13.7. The SMILES string of the molecule is Cc1nc(-c2cccc(-c3cccc(F)c3)c2)nn1-c1ccccc1. The summed E-state index contributed by atoms with van der Waals surface area (Å²) in [7, 11) is 0. The second-order valence-electron chi connectivity index (χ2n) is 5.82. The number of nitrogens with zero attached hydrogens (tertiary/aromatic N) is 3. The summed E-state index contributed by atoms with van der Waals surface area (Å²) in [6, 6.07) is 24.3. The van der Waals surface area contributed by atoms with Gasteiger partial charge in [0.25, 0.3) is 0 Å². The van der Waals surface area contributed by atoms with Crippen molar-refractivity contribution in [3.8, 4) is 28.2 Å². The third-order valence-corrected chi connectivity index (χ3v) is 4.05. The Morgan fingerprint density at radius 1 is 0.760 bits per heavy atom. The van der Waals surface area contributed by atoms with Gasteiger partial charge in [0.15, 0.2) is 5.82 Å². The molecule has 0 atom stereocenters. The fraction of sp³-hybridized carbons (Fsp3) is 0.0476. The molecule has 0 unspecified atom stereocenters. The lowest BCUT2D eigenvalue weighted by Gasteiger charge is -2.04. The molecule has 0 bridgehead atoms. The first-order valence-corrected chi connectivity index (χ1v) is 8.06. The van der Waals surface area contributed by atoms with Gasteiger partial charge in [-0.3, -0.25) is 0 Å². The van der Waals surface area contributed by atoms with E-state index in [9.17, 15) is 4.39 Å². The van der Waals surface area contributed by atoms with Crippen molar-refractivity contribution in [3.63, 3.8) is 0 Å². The van der Waals surface area contributed by atoms with Gasteiger partial charge in [-0.25, -0.2) is 14.1 Å². The minimum absolute atomic E-state index is 0.245. The molecule has 0 saturated heterocycles. The fourth-order valence-corrected chi connectivity index (χ4v) is 2.83. The molecule has 0 aliphatic heterocycles. The van der Waals surface area contributed by atoms with E-state index in [1.54, 1.807) is 6.07 Å². The van der Waals surface area contributed by atoms with Crippen molar-refractivity contribution in [2.24, 2.45) is 0 Å². The smallest absolute Gasteiger partial charge is 0.181 e. The Morgan fingerprint density at radius 2 is 1.44 bits per heavy atom. The van der Waals surface area contributed by atoms with Crippen LogP contribution in [0.2, 0.25) is 0 Å². The largest absolute Gasteiger partial charge is 0.218 e. The molecule has 0 fully saturated rings. The van der Waals surface area contributed by atoms with Gasteiger partial charge in [-0.05, 0) is 48.4 Å². The predicted molar refractivity (Wildman–Crippen MR) is 96.9 cm³/mol. The van der Waals surface area contributed by atoms with E-state index in [0.29, 0.717) is 5.82 Å². The van der Waals surface area contributed by atoms with Crippen molar-refractivity contribution >= 4 is 0 Å². The van der Waals surface area contributed by atoms with Crippen molar-refractivity contribution in [2.45, 2.75) is 6.92 Å². The monoisotopic (exact) mass is 329 g/mol. The Hall–Kier alpha value is -3.27. The Balaban J connectivity index is 1.75. The van der Waals surface area contributed by atoms with Gasteiger partial charge >= 0.3 is 0 Å². The topological polar surface area (TPSA) is 30.7 Å². The van der Waals surface area contributed by atoms with E-state index >= 15 is 0 Å². The van der Waals surface area contributed by atoms with Gasteiger partial charge in [0.05, 0.1) is 5.69 Å². The van der Waals surface area contributed by atoms with Crippen LogP contribution in [-0.2, 0) is 0 Å². The molecule has 3 aromatic carbocycles. The molecule has 0 aliphatic carbocycles. The summed E-state index contributed by atoms with van der Waals surface area (Å²) in [5.41, 5.74) is 3.64. The molecule has 122 valence electrons. The molecule has 4 rings (SSSR count). The van der Waals surface area contributed by atoms with E-state index < -0.39 is 0 Å². The number of halogens is 1. The molecule has 0 N–H and O–H groups in total. The summed E-state index contributed by atoms with van der Waals surface area (Å²) in [4.78, 5) is 4.59. The van der Waals surface area contributed by atoms with Crippen LogP contribution in [0.3, 0.4) is 0 Å². The summed E-state index contributed by atoms with van der Waals surface area (Å²) in [6.07, 6.45) is 0. The average molecular weight is 329 g/mol. The summed E-state index contributed by atoms with van der Waals surface area (Å²) in [5.74, 6) is 1.22. The van der Waals surface area contributed by atoms with Crippen LogP contribution in [-0.4, -0.2) is 14.8 Å². The van der Waals surface area contributed by atoms with E-state index in [1.807, 2.05) is 72.3 Å². The lowest BCUT2D eigenvalue weighted by molar-refractivity contribution is 0.628. The van der Waals surface area contributed by atoms with Crippen molar-refractivity contribution in [1.82, 2.24) is 14.8 Å². The second-order valence-corrected chi connectivity index (χ2v) is 5.82. The third kappa shape index (κ3) is 3.06. The molecule has 4 aromatic rings. The molecule has 0 radical (unpaired) electrons. The molecular weight excluding hydrogens is 313 g/mol. The van der Waals surface area contributed by atoms with Gasteiger partial charge in [0.1, 0.15) is 11.6 Å². The molecule has 1 heterocycles. The number of hydrogen-bond donors (Lipinski definition) is 0. The normalized spacial score (nSPS) is 10.8. The number of aryl methyl sites for hydroxylation is 1. The number of benzene rings is 3. The van der Waals surface area contributed by atoms with Gasteiger partial charge in [0.2, 0.25) is 0 Å². The van der Waals surface area contributed by atoms with Gasteiger partial charge in [0, 0.05) is 5.56 Å². The summed E-state index contributed by atoms with van der Waals surface area (Å²) >= 11 is 0. The van der Waals surface area contributed by atoms with E-state index in [-0.39, 0.29) is 5.82 Å². The van der Waals surface area contributed by atoms with Crippen molar-refractivity contribution in [3.05, 3.63) is 90.5 Å². The number of aromatic nitrogens is 3. The van der Waals surface area contributed by atoms with Crippen molar-refractivity contribution < 1.29 is 4.39 Å². The minimum atomic E-state index is -0.245. The van der Waals surface area contributed by atoms with Gasteiger partial charge in [-0.1, -0.05) is 48.5 Å². The highest BCUT2D eigenvalue weighted by molar-refractivity contribution is 5.70. The summed E-state index contributed by atoms with van der Waals surface area (Å²) in [5, 5.41) is 4.63. The van der Waals surface area contributed by atoms with Crippen LogP contribution in [0.4, 0.5) is 4.39 Å². The molecular formula is C21H16FN3. The number of rotatable bonds is 3. The lowest BCUT2D eigenvalue weighted by atomic mass is 10.0. The van der Waals surface area contributed by atoms with Crippen LogP contribution in [0.15, 0.2) is 78.9 Å². The zero-order valence-corrected chi connectivity index (χ0v) is 13.7. The van der Waals surface area contributed by atoms with Gasteiger partial charge in [-0.2, -0.15) is 0 Å². The highest BCUT2D eigenvalue weighted by Crippen LogP contribution is 2.25. The first-order valence-electron chi connectivity index (χ1n) is 8.06. The van der Waals surface area contributed by atoms with Crippen LogP contribution in [0.5, 0.6) is 0 Å². The summed E-state index contributed by atoms with van der Waals surface area (Å²) < 4.78 is 15.3. The van der Waals surface area contributed by atoms with Crippen LogP contribution in [0, 0.1) is 12.7 Å². The average Bonchev–Trinajstić information content (AvgIpc) is 3.04. The minimum Gasteiger partial charge on any atom is -0.218 e. The Bertz CT molecular complexity index is 1020. The van der Waals surface area contributed by atoms with E-state index in [4.69, 9.17) is 0 Å². The van der Waals surface area contributed by atoms with Gasteiger partial charge in [-0.15, -0.1) is 5.10 Å².